The maximum absolute atomic E-state index is 12.7. The van der Waals surface area contributed by atoms with E-state index in [4.69, 9.17) is 0 Å². The first-order chi connectivity index (χ1) is 8.60. The third-order valence-electron chi connectivity index (χ3n) is 1.91. The van der Waals surface area contributed by atoms with Gasteiger partial charge in [-0.25, -0.2) is 9.37 Å². The number of nitrogens with zero attached hydrogens (tertiary/aromatic N) is 1. The molecule has 10 heteroatoms. The minimum Gasteiger partial charge on any atom is -0.480 e. The molecule has 0 spiro atoms. The smallest absolute Gasteiger partial charge is 0.480 e. The van der Waals surface area contributed by atoms with Crippen molar-refractivity contribution in [3.63, 3.8) is 0 Å². The van der Waals surface area contributed by atoms with Crippen molar-refractivity contribution in [3.05, 3.63) is 17.3 Å². The Hall–Kier alpha value is -1.74. The lowest BCUT2D eigenvalue weighted by Gasteiger charge is -2.19. The van der Waals surface area contributed by atoms with Gasteiger partial charge in [-0.05, 0) is 0 Å². The quantitative estimate of drug-likeness (QED) is 0.800. The first-order valence-electron chi connectivity index (χ1n) is 4.55. The van der Waals surface area contributed by atoms with E-state index < -0.39 is 42.0 Å². The first kappa shape index (κ1) is 15.3. The number of hydrogen-bond donors (Lipinski definition) is 0. The summed E-state index contributed by atoms with van der Waals surface area (Å²) in [5.41, 5.74) is -2.90. The van der Waals surface area contributed by atoms with Crippen LogP contribution < -0.4 is 9.47 Å². The van der Waals surface area contributed by atoms with Gasteiger partial charge in [0.15, 0.2) is 11.3 Å². The summed E-state index contributed by atoms with van der Waals surface area (Å²) in [6, 6.07) is 0. The Morgan fingerprint density at radius 3 is 2.11 bits per heavy atom. The van der Waals surface area contributed by atoms with Gasteiger partial charge in [0.1, 0.15) is 6.67 Å². The topological polar surface area (TPSA) is 31.4 Å². The van der Waals surface area contributed by atoms with E-state index >= 15 is 0 Å². The highest BCUT2D eigenvalue weighted by Crippen LogP contribution is 2.44. The second-order valence-electron chi connectivity index (χ2n) is 3.18. The molecule has 1 heterocycles. The largest absolute Gasteiger partial charge is 0.573 e. The van der Waals surface area contributed by atoms with Crippen LogP contribution in [0.4, 0.5) is 30.7 Å². The van der Waals surface area contributed by atoms with Crippen LogP contribution in [0.1, 0.15) is 11.1 Å². The lowest BCUT2D eigenvalue weighted by atomic mass is 10.1. The average Bonchev–Trinajstić information content (AvgIpc) is 2.24. The van der Waals surface area contributed by atoms with E-state index in [9.17, 15) is 30.7 Å². The monoisotopic (exact) mass is 293 g/mol. The Labute approximate surface area is 101 Å². The van der Waals surface area contributed by atoms with E-state index in [0.717, 1.165) is 7.11 Å². The molecule has 0 amide bonds. The molecule has 0 radical (unpaired) electrons. The lowest BCUT2D eigenvalue weighted by molar-refractivity contribution is -0.276. The zero-order chi connectivity index (χ0) is 14.8. The normalized spacial score (nSPS) is 12.4. The van der Waals surface area contributed by atoms with Crippen LogP contribution in [0, 0.1) is 0 Å². The zero-order valence-electron chi connectivity index (χ0n) is 9.19. The van der Waals surface area contributed by atoms with Crippen molar-refractivity contribution in [2.75, 3.05) is 7.11 Å². The Morgan fingerprint density at radius 2 is 1.74 bits per heavy atom. The summed E-state index contributed by atoms with van der Waals surface area (Å²) >= 11 is 0. The molecule has 0 aliphatic rings. The molecular weight excluding hydrogens is 287 g/mol. The number of rotatable bonds is 3. The minimum absolute atomic E-state index is 0.481. The summed E-state index contributed by atoms with van der Waals surface area (Å²) in [6.07, 6.45) is -10.2. The summed E-state index contributed by atoms with van der Waals surface area (Å²) in [6.45, 7) is -1.61. The van der Waals surface area contributed by atoms with Gasteiger partial charge in [-0.15, -0.1) is 13.2 Å². The van der Waals surface area contributed by atoms with Gasteiger partial charge in [-0.3, -0.25) is 0 Å². The lowest BCUT2D eigenvalue weighted by Crippen LogP contribution is -2.22. The molecule has 19 heavy (non-hydrogen) atoms. The highest BCUT2D eigenvalue weighted by atomic mass is 19.4. The predicted octanol–water partition coefficient (Wildman–Crippen LogP) is 3.48. The first-order valence-corrected chi connectivity index (χ1v) is 4.55. The van der Waals surface area contributed by atoms with Gasteiger partial charge < -0.3 is 9.47 Å². The van der Waals surface area contributed by atoms with Crippen LogP contribution in [0.5, 0.6) is 11.6 Å². The highest BCUT2D eigenvalue weighted by Gasteiger charge is 2.44. The Kier molecular flexibility index (Phi) is 4.11. The Bertz CT molecular complexity index is 455. The van der Waals surface area contributed by atoms with Crippen LogP contribution in [0.3, 0.4) is 0 Å². The number of hydrogen-bond acceptors (Lipinski definition) is 3. The van der Waals surface area contributed by atoms with Crippen LogP contribution >= 0.6 is 0 Å². The SMILES string of the molecule is COc1ncc(CF)c(OC(F)(F)F)c1C(F)(F)F. The van der Waals surface area contributed by atoms with Gasteiger partial charge in [-0.1, -0.05) is 0 Å². The van der Waals surface area contributed by atoms with E-state index in [1.165, 1.54) is 0 Å². The summed E-state index contributed by atoms with van der Waals surface area (Å²) in [5, 5.41) is 0. The van der Waals surface area contributed by atoms with E-state index in [2.05, 4.69) is 14.5 Å². The molecule has 0 N–H and O–H groups in total. The number of alkyl halides is 7. The van der Waals surface area contributed by atoms with Crippen LogP contribution in [0.25, 0.3) is 0 Å². The fourth-order valence-electron chi connectivity index (χ4n) is 1.25. The van der Waals surface area contributed by atoms with Crippen molar-refractivity contribution in [1.29, 1.82) is 0 Å². The molecule has 108 valence electrons. The van der Waals surface area contributed by atoms with E-state index in [0.29, 0.717) is 6.20 Å². The van der Waals surface area contributed by atoms with Crippen molar-refractivity contribution in [2.24, 2.45) is 0 Å². The van der Waals surface area contributed by atoms with Crippen molar-refractivity contribution >= 4 is 0 Å². The van der Waals surface area contributed by atoms with Gasteiger partial charge in [0.25, 0.3) is 0 Å². The summed E-state index contributed by atoms with van der Waals surface area (Å²) < 4.78 is 94.3. The summed E-state index contributed by atoms with van der Waals surface area (Å²) in [4.78, 5) is 3.10. The molecule has 0 saturated carbocycles. The number of halogens is 7. The van der Waals surface area contributed by atoms with Crippen LogP contribution in [0.2, 0.25) is 0 Å². The van der Waals surface area contributed by atoms with Gasteiger partial charge in [-0.2, -0.15) is 13.2 Å². The molecule has 0 atom stereocenters. The average molecular weight is 293 g/mol. The second-order valence-corrected chi connectivity index (χ2v) is 3.18. The van der Waals surface area contributed by atoms with Gasteiger partial charge in [0.2, 0.25) is 5.88 Å². The highest BCUT2D eigenvalue weighted by molar-refractivity contribution is 5.47. The second kappa shape index (κ2) is 5.10. The molecule has 0 aliphatic carbocycles. The van der Waals surface area contributed by atoms with Crippen LogP contribution in [-0.2, 0) is 12.9 Å². The predicted molar refractivity (Wildman–Crippen MR) is 47.3 cm³/mol. The van der Waals surface area contributed by atoms with Crippen LogP contribution in [-0.4, -0.2) is 18.5 Å². The number of aromatic nitrogens is 1. The molecule has 1 aromatic heterocycles. The number of pyridine rings is 1. The van der Waals surface area contributed by atoms with E-state index in [1.807, 2.05) is 0 Å². The summed E-state index contributed by atoms with van der Waals surface area (Å²) in [5.74, 6) is -2.83. The fraction of sp³-hybridized carbons (Fsp3) is 0.444. The maximum atomic E-state index is 12.7. The maximum Gasteiger partial charge on any atom is 0.573 e. The van der Waals surface area contributed by atoms with Crippen molar-refractivity contribution in [3.8, 4) is 11.6 Å². The number of ether oxygens (including phenoxy) is 2. The molecule has 1 rings (SSSR count). The molecule has 0 fully saturated rings. The molecule has 3 nitrogen and oxygen atoms in total. The van der Waals surface area contributed by atoms with Crippen molar-refractivity contribution in [1.82, 2.24) is 4.98 Å². The van der Waals surface area contributed by atoms with Gasteiger partial charge in [0.05, 0.1) is 7.11 Å². The fourth-order valence-corrected chi connectivity index (χ4v) is 1.25. The number of methoxy groups -OCH3 is 1. The Morgan fingerprint density at radius 1 is 1.16 bits per heavy atom. The van der Waals surface area contributed by atoms with Gasteiger partial charge in [0, 0.05) is 11.8 Å². The minimum atomic E-state index is -5.41. The van der Waals surface area contributed by atoms with Gasteiger partial charge >= 0.3 is 12.5 Å². The molecule has 0 saturated heterocycles. The third-order valence-corrected chi connectivity index (χ3v) is 1.91. The van der Waals surface area contributed by atoms with Crippen LogP contribution in [0.15, 0.2) is 6.20 Å². The zero-order valence-corrected chi connectivity index (χ0v) is 9.19. The molecule has 0 unspecified atom stereocenters. The molecular formula is C9H6F7NO2. The third kappa shape index (κ3) is 3.61. The molecule has 0 aromatic carbocycles. The summed E-state index contributed by atoms with van der Waals surface area (Å²) in [7, 11) is 0.782. The van der Waals surface area contributed by atoms with E-state index in [-0.39, 0.29) is 0 Å². The molecule has 0 aliphatic heterocycles. The molecule has 1 aromatic rings. The molecule has 0 bridgehead atoms. The van der Waals surface area contributed by atoms with E-state index in [1.54, 1.807) is 0 Å². The standard InChI is InChI=1S/C9H6F7NO2/c1-18-7-5(8(11,12)13)6(19-9(14,15)16)4(2-10)3-17-7/h3H,2H2,1H3. The Balaban J connectivity index is 3.53. The van der Waals surface area contributed by atoms with Crippen molar-refractivity contribution in [2.45, 2.75) is 19.2 Å². The van der Waals surface area contributed by atoms with Crippen molar-refractivity contribution < 1.29 is 40.2 Å².